The molecule has 23 heavy (non-hydrogen) atoms. The number of amides is 2. The first-order chi connectivity index (χ1) is 11.2. The summed E-state index contributed by atoms with van der Waals surface area (Å²) in [5, 5.41) is 7.73. The van der Waals surface area contributed by atoms with Crippen molar-refractivity contribution in [1.82, 2.24) is 9.97 Å². The molecule has 3 rings (SSSR count). The molecule has 0 saturated carbocycles. The van der Waals surface area contributed by atoms with Gasteiger partial charge in [0.05, 0.1) is 12.8 Å². The lowest BCUT2D eigenvalue weighted by atomic mass is 10.2. The van der Waals surface area contributed by atoms with Crippen molar-refractivity contribution in [3.63, 3.8) is 0 Å². The van der Waals surface area contributed by atoms with Crippen LogP contribution in [0, 0.1) is 0 Å². The monoisotopic (exact) mass is 326 g/mol. The third-order valence-electron chi connectivity index (χ3n) is 3.00. The first kappa shape index (κ1) is 15.0. The molecule has 0 fully saturated rings. The van der Waals surface area contributed by atoms with Crippen molar-refractivity contribution < 1.29 is 9.53 Å². The van der Waals surface area contributed by atoms with E-state index in [2.05, 4.69) is 20.6 Å². The minimum atomic E-state index is -0.379. The zero-order valence-electron chi connectivity index (χ0n) is 12.3. The van der Waals surface area contributed by atoms with Gasteiger partial charge in [-0.15, -0.1) is 11.3 Å². The van der Waals surface area contributed by atoms with Gasteiger partial charge in [0.1, 0.15) is 11.6 Å². The predicted octanol–water partition coefficient (Wildman–Crippen LogP) is 3.86. The predicted molar refractivity (Wildman–Crippen MR) is 91.0 cm³/mol. The topological polar surface area (TPSA) is 76.1 Å². The van der Waals surface area contributed by atoms with Crippen molar-refractivity contribution in [2.45, 2.75) is 0 Å². The molecular formula is C16H14N4O2S. The second-order valence-corrected chi connectivity index (χ2v) is 5.42. The number of ether oxygens (including phenoxy) is 1. The van der Waals surface area contributed by atoms with Crippen molar-refractivity contribution in [2.24, 2.45) is 0 Å². The van der Waals surface area contributed by atoms with Gasteiger partial charge in [0.15, 0.2) is 5.13 Å². The number of pyridine rings is 1. The first-order valence-electron chi connectivity index (χ1n) is 6.83. The average molecular weight is 326 g/mol. The lowest BCUT2D eigenvalue weighted by Gasteiger charge is -2.04. The van der Waals surface area contributed by atoms with E-state index in [4.69, 9.17) is 4.74 Å². The summed E-state index contributed by atoms with van der Waals surface area (Å²) in [5.74, 6) is 1.24. The van der Waals surface area contributed by atoms with Crippen LogP contribution in [0.15, 0.2) is 54.0 Å². The molecule has 0 spiro atoms. The highest BCUT2D eigenvalue weighted by molar-refractivity contribution is 7.14. The van der Waals surface area contributed by atoms with Crippen LogP contribution < -0.4 is 15.4 Å². The van der Waals surface area contributed by atoms with E-state index in [-0.39, 0.29) is 6.03 Å². The highest BCUT2D eigenvalue weighted by Crippen LogP contribution is 2.27. The molecule has 2 N–H and O–H groups in total. The average Bonchev–Trinajstić information content (AvgIpc) is 3.04. The molecule has 0 unspecified atom stereocenters. The smallest absolute Gasteiger partial charge is 0.326 e. The SMILES string of the molecule is COc1cccc(-c2csc(NC(=O)Nc3ccccn3)n2)c1. The second kappa shape index (κ2) is 6.89. The van der Waals surface area contributed by atoms with Crippen LogP contribution in [-0.4, -0.2) is 23.1 Å². The summed E-state index contributed by atoms with van der Waals surface area (Å²) in [6.45, 7) is 0. The molecule has 2 heterocycles. The summed E-state index contributed by atoms with van der Waals surface area (Å²) < 4.78 is 5.20. The summed E-state index contributed by atoms with van der Waals surface area (Å²) in [4.78, 5) is 20.4. The Bertz CT molecular complexity index is 805. The van der Waals surface area contributed by atoms with Crippen molar-refractivity contribution in [1.29, 1.82) is 0 Å². The molecule has 2 amide bonds. The van der Waals surface area contributed by atoms with Crippen molar-refractivity contribution in [3.05, 3.63) is 54.0 Å². The number of carbonyl (C=O) groups excluding carboxylic acids is 1. The second-order valence-electron chi connectivity index (χ2n) is 4.56. The number of methoxy groups -OCH3 is 1. The lowest BCUT2D eigenvalue weighted by Crippen LogP contribution is -2.19. The van der Waals surface area contributed by atoms with Crippen LogP contribution in [-0.2, 0) is 0 Å². The largest absolute Gasteiger partial charge is 0.497 e. The zero-order chi connectivity index (χ0) is 16.1. The van der Waals surface area contributed by atoms with E-state index >= 15 is 0 Å². The van der Waals surface area contributed by atoms with Crippen LogP contribution in [0.3, 0.4) is 0 Å². The Morgan fingerprint density at radius 3 is 2.87 bits per heavy atom. The summed E-state index contributed by atoms with van der Waals surface area (Å²) in [5.41, 5.74) is 1.71. The van der Waals surface area contributed by atoms with Gasteiger partial charge in [0.2, 0.25) is 0 Å². The van der Waals surface area contributed by atoms with Gasteiger partial charge in [-0.2, -0.15) is 0 Å². The van der Waals surface area contributed by atoms with Gasteiger partial charge in [-0.25, -0.2) is 14.8 Å². The van der Waals surface area contributed by atoms with Gasteiger partial charge in [-0.05, 0) is 24.3 Å². The van der Waals surface area contributed by atoms with Gasteiger partial charge in [0, 0.05) is 17.1 Å². The van der Waals surface area contributed by atoms with Gasteiger partial charge in [0.25, 0.3) is 0 Å². The fraction of sp³-hybridized carbons (Fsp3) is 0.0625. The summed E-state index contributed by atoms with van der Waals surface area (Å²) >= 11 is 1.35. The fourth-order valence-corrected chi connectivity index (χ4v) is 2.64. The first-order valence-corrected chi connectivity index (χ1v) is 7.71. The van der Waals surface area contributed by atoms with Crippen LogP contribution in [0.1, 0.15) is 0 Å². The highest BCUT2D eigenvalue weighted by Gasteiger charge is 2.09. The maximum absolute atomic E-state index is 11.9. The minimum Gasteiger partial charge on any atom is -0.497 e. The molecule has 3 aromatic rings. The summed E-state index contributed by atoms with van der Waals surface area (Å²) in [6, 6.07) is 12.5. The third-order valence-corrected chi connectivity index (χ3v) is 3.75. The van der Waals surface area contributed by atoms with Gasteiger partial charge < -0.3 is 4.74 Å². The molecule has 0 saturated heterocycles. The molecule has 0 atom stereocenters. The number of anilines is 2. The molecular weight excluding hydrogens is 312 g/mol. The van der Waals surface area contributed by atoms with Gasteiger partial charge in [-0.1, -0.05) is 18.2 Å². The van der Waals surface area contributed by atoms with Crippen LogP contribution in [0.4, 0.5) is 15.7 Å². The Balaban J connectivity index is 1.68. The Morgan fingerprint density at radius 1 is 1.17 bits per heavy atom. The number of nitrogens with zero attached hydrogens (tertiary/aromatic N) is 2. The van der Waals surface area contributed by atoms with Crippen LogP contribution >= 0.6 is 11.3 Å². The number of nitrogens with one attached hydrogen (secondary N) is 2. The van der Waals surface area contributed by atoms with E-state index in [1.54, 1.807) is 31.5 Å². The van der Waals surface area contributed by atoms with E-state index < -0.39 is 0 Å². The Hall–Kier alpha value is -2.93. The van der Waals surface area contributed by atoms with Crippen LogP contribution in [0.5, 0.6) is 5.75 Å². The molecule has 0 aliphatic rings. The Morgan fingerprint density at radius 2 is 2.09 bits per heavy atom. The molecule has 2 aromatic heterocycles. The molecule has 0 aliphatic heterocycles. The van der Waals surface area contributed by atoms with Crippen LogP contribution in [0.25, 0.3) is 11.3 Å². The quantitative estimate of drug-likeness (QED) is 0.763. The van der Waals surface area contributed by atoms with Gasteiger partial charge in [-0.3, -0.25) is 10.6 Å². The van der Waals surface area contributed by atoms with Gasteiger partial charge >= 0.3 is 6.03 Å². The van der Waals surface area contributed by atoms with E-state index in [9.17, 15) is 4.79 Å². The normalized spacial score (nSPS) is 10.1. The Kier molecular flexibility index (Phi) is 4.49. The minimum absolute atomic E-state index is 0.379. The molecule has 0 aliphatic carbocycles. The third kappa shape index (κ3) is 3.83. The fourth-order valence-electron chi connectivity index (χ4n) is 1.93. The van der Waals surface area contributed by atoms with E-state index in [1.807, 2.05) is 29.6 Å². The lowest BCUT2D eigenvalue weighted by molar-refractivity contribution is 0.262. The number of carbonyl (C=O) groups is 1. The molecule has 1 aromatic carbocycles. The molecule has 0 bridgehead atoms. The van der Waals surface area contributed by atoms with Crippen molar-refractivity contribution >= 4 is 28.3 Å². The standard InChI is InChI=1S/C16H14N4O2S/c1-22-12-6-4-5-11(9-12)13-10-23-16(18-13)20-15(21)19-14-7-2-3-8-17-14/h2-10H,1H3,(H2,17,18,19,20,21). The molecule has 7 heteroatoms. The maximum Gasteiger partial charge on any atom is 0.326 e. The van der Waals surface area contributed by atoms with Crippen molar-refractivity contribution in [2.75, 3.05) is 17.7 Å². The highest BCUT2D eigenvalue weighted by atomic mass is 32.1. The Labute approximate surface area is 137 Å². The number of aromatic nitrogens is 2. The summed E-state index contributed by atoms with van der Waals surface area (Å²) in [6.07, 6.45) is 1.61. The molecule has 116 valence electrons. The zero-order valence-corrected chi connectivity index (χ0v) is 13.1. The maximum atomic E-state index is 11.9. The number of rotatable bonds is 4. The van der Waals surface area contributed by atoms with E-state index in [0.29, 0.717) is 10.9 Å². The summed E-state index contributed by atoms with van der Waals surface area (Å²) in [7, 11) is 1.62. The molecule has 6 nitrogen and oxygen atoms in total. The number of hydrogen-bond acceptors (Lipinski definition) is 5. The number of thiazole rings is 1. The number of benzene rings is 1. The van der Waals surface area contributed by atoms with E-state index in [0.717, 1.165) is 17.0 Å². The molecule has 0 radical (unpaired) electrons. The number of hydrogen-bond donors (Lipinski definition) is 2. The van der Waals surface area contributed by atoms with Crippen LogP contribution in [0.2, 0.25) is 0 Å². The number of urea groups is 1. The van der Waals surface area contributed by atoms with E-state index in [1.165, 1.54) is 11.3 Å². The van der Waals surface area contributed by atoms with Crippen molar-refractivity contribution in [3.8, 4) is 17.0 Å².